The van der Waals surface area contributed by atoms with Gasteiger partial charge in [0.25, 0.3) is 0 Å². The molecule has 4 nitrogen and oxygen atoms in total. The quantitative estimate of drug-likeness (QED) is 0.742. The molecule has 0 unspecified atom stereocenters. The van der Waals surface area contributed by atoms with Crippen molar-refractivity contribution >= 4 is 20.9 Å². The summed E-state index contributed by atoms with van der Waals surface area (Å²) >= 11 is 0. The predicted octanol–water partition coefficient (Wildman–Crippen LogP) is 3.73. The normalized spacial score (nSPS) is 12.6. The number of nitrogens with one attached hydrogen (secondary N) is 2. The Kier molecular flexibility index (Phi) is 4.24. The van der Waals surface area contributed by atoms with Crippen LogP contribution in [-0.4, -0.2) is 19.9 Å². The van der Waals surface area contributed by atoms with Crippen molar-refractivity contribution in [2.45, 2.75) is 31.1 Å². The molecule has 0 saturated carbocycles. The van der Waals surface area contributed by atoms with Gasteiger partial charge < -0.3 is 4.98 Å². The monoisotopic (exact) mass is 342 g/mol. The number of sulfonamides is 1. The molecule has 0 aliphatic heterocycles. The minimum Gasteiger partial charge on any atom is -0.361 e. The summed E-state index contributed by atoms with van der Waals surface area (Å²) in [7, 11) is -3.52. The Balaban J connectivity index is 1.85. The molecule has 2 aromatic carbocycles. The second kappa shape index (κ2) is 6.07. The summed E-state index contributed by atoms with van der Waals surface area (Å²) in [4.78, 5) is 3.56. The summed E-state index contributed by atoms with van der Waals surface area (Å²) in [6.07, 6.45) is 1.96. The maximum atomic E-state index is 12.5. The fraction of sp³-hybridized carbons (Fsp3) is 0.263. The third-order valence-corrected chi connectivity index (χ3v) is 5.72. The Bertz CT molecular complexity index is 972. The maximum absolute atomic E-state index is 12.5. The van der Waals surface area contributed by atoms with Gasteiger partial charge in [-0.05, 0) is 36.2 Å². The molecular weight excluding hydrogens is 320 g/mol. The van der Waals surface area contributed by atoms with Crippen molar-refractivity contribution in [3.05, 3.63) is 65.9 Å². The van der Waals surface area contributed by atoms with Crippen LogP contribution in [0.25, 0.3) is 10.9 Å². The second-order valence-corrected chi connectivity index (χ2v) is 8.54. The number of aromatic amines is 1. The molecule has 0 bridgehead atoms. The van der Waals surface area contributed by atoms with Crippen LogP contribution in [0.15, 0.2) is 59.6 Å². The molecule has 0 atom stereocenters. The first-order valence-electron chi connectivity index (χ1n) is 7.92. The lowest BCUT2D eigenvalue weighted by Crippen LogP contribution is -2.36. The lowest BCUT2D eigenvalue weighted by molar-refractivity contribution is 0.504. The minimum atomic E-state index is -3.52. The molecule has 0 aliphatic carbocycles. The van der Waals surface area contributed by atoms with Crippen molar-refractivity contribution < 1.29 is 8.42 Å². The van der Waals surface area contributed by atoms with Gasteiger partial charge in [0.2, 0.25) is 10.0 Å². The summed E-state index contributed by atoms with van der Waals surface area (Å²) in [6.45, 7) is 6.29. The topological polar surface area (TPSA) is 62.0 Å². The maximum Gasteiger partial charge on any atom is 0.240 e. The Labute approximate surface area is 143 Å². The van der Waals surface area contributed by atoms with Gasteiger partial charge in [0.05, 0.1) is 4.90 Å². The Morgan fingerprint density at radius 3 is 2.58 bits per heavy atom. The van der Waals surface area contributed by atoms with E-state index in [0.717, 1.165) is 22.0 Å². The molecule has 0 radical (unpaired) electrons. The van der Waals surface area contributed by atoms with Gasteiger partial charge in [-0.15, -0.1) is 0 Å². The van der Waals surface area contributed by atoms with Crippen LogP contribution in [-0.2, 0) is 15.4 Å². The van der Waals surface area contributed by atoms with Gasteiger partial charge in [-0.2, -0.15) is 0 Å². The van der Waals surface area contributed by atoms with Gasteiger partial charge in [-0.25, -0.2) is 13.1 Å². The number of hydrogen-bond acceptors (Lipinski definition) is 2. The third kappa shape index (κ3) is 3.23. The van der Waals surface area contributed by atoms with Crippen molar-refractivity contribution in [2.24, 2.45) is 0 Å². The molecule has 3 aromatic rings. The van der Waals surface area contributed by atoms with Gasteiger partial charge in [0, 0.05) is 29.1 Å². The number of benzene rings is 2. The van der Waals surface area contributed by atoms with Crippen LogP contribution in [0.2, 0.25) is 0 Å². The number of aromatic nitrogens is 1. The van der Waals surface area contributed by atoms with E-state index in [9.17, 15) is 8.42 Å². The van der Waals surface area contributed by atoms with Gasteiger partial charge in [0.1, 0.15) is 0 Å². The molecule has 0 aliphatic rings. The van der Waals surface area contributed by atoms with E-state index in [1.54, 1.807) is 18.2 Å². The van der Waals surface area contributed by atoms with Gasteiger partial charge >= 0.3 is 0 Å². The number of rotatable bonds is 5. The van der Waals surface area contributed by atoms with Gasteiger partial charge in [-0.1, -0.05) is 44.2 Å². The highest BCUT2D eigenvalue weighted by Gasteiger charge is 2.26. The molecule has 2 N–H and O–H groups in total. The van der Waals surface area contributed by atoms with E-state index in [4.69, 9.17) is 0 Å². The van der Waals surface area contributed by atoms with E-state index >= 15 is 0 Å². The Hall–Kier alpha value is -2.11. The molecule has 0 amide bonds. The predicted molar refractivity (Wildman–Crippen MR) is 97.7 cm³/mol. The molecule has 24 heavy (non-hydrogen) atoms. The van der Waals surface area contributed by atoms with E-state index in [0.29, 0.717) is 11.4 Å². The third-order valence-electron chi connectivity index (χ3n) is 4.32. The minimum absolute atomic E-state index is 0.303. The van der Waals surface area contributed by atoms with Crippen LogP contribution in [0.3, 0.4) is 0 Å². The van der Waals surface area contributed by atoms with E-state index in [1.807, 2.05) is 51.2 Å². The van der Waals surface area contributed by atoms with E-state index in [2.05, 4.69) is 15.8 Å². The fourth-order valence-corrected chi connectivity index (χ4v) is 4.18. The highest BCUT2D eigenvalue weighted by atomic mass is 32.2. The van der Waals surface area contributed by atoms with Crippen LogP contribution in [0.1, 0.15) is 25.0 Å². The van der Waals surface area contributed by atoms with Crippen LogP contribution >= 0.6 is 0 Å². The van der Waals surface area contributed by atoms with E-state index in [-0.39, 0.29) is 5.41 Å². The van der Waals surface area contributed by atoms with Crippen LogP contribution < -0.4 is 4.72 Å². The first kappa shape index (κ1) is 16.7. The Morgan fingerprint density at radius 2 is 1.83 bits per heavy atom. The standard InChI is InChI=1S/C19H22N2O2S/c1-14-7-6-8-15(11-14)24(22,23)21-13-19(2,3)17-12-20-18-10-5-4-9-16(17)18/h4-12,20-21H,13H2,1-3H3. The van der Waals surface area contributed by atoms with Crippen molar-refractivity contribution in [2.75, 3.05) is 6.54 Å². The van der Waals surface area contributed by atoms with Gasteiger partial charge in [0.15, 0.2) is 0 Å². The van der Waals surface area contributed by atoms with Crippen LogP contribution in [0, 0.1) is 6.92 Å². The van der Waals surface area contributed by atoms with Crippen LogP contribution in [0.5, 0.6) is 0 Å². The average molecular weight is 342 g/mol. The van der Waals surface area contributed by atoms with Crippen molar-refractivity contribution in [3.8, 4) is 0 Å². The molecule has 0 saturated heterocycles. The summed E-state index contributed by atoms with van der Waals surface area (Å²) in [5.74, 6) is 0. The SMILES string of the molecule is Cc1cccc(S(=O)(=O)NCC(C)(C)c2c[nH]c3ccccc23)c1. The summed E-state index contributed by atoms with van der Waals surface area (Å²) in [5, 5.41) is 1.12. The number of fused-ring (bicyclic) bond motifs is 1. The smallest absolute Gasteiger partial charge is 0.240 e. The summed E-state index contributed by atoms with van der Waals surface area (Å²) in [6, 6.07) is 15.0. The lowest BCUT2D eigenvalue weighted by Gasteiger charge is -2.25. The molecule has 5 heteroatoms. The molecule has 0 fully saturated rings. The molecule has 126 valence electrons. The number of aryl methyl sites for hydroxylation is 1. The first-order valence-corrected chi connectivity index (χ1v) is 9.41. The van der Waals surface area contributed by atoms with Gasteiger partial charge in [-0.3, -0.25) is 0 Å². The van der Waals surface area contributed by atoms with E-state index < -0.39 is 10.0 Å². The number of para-hydroxylation sites is 1. The second-order valence-electron chi connectivity index (χ2n) is 6.77. The fourth-order valence-electron chi connectivity index (χ4n) is 2.87. The summed E-state index contributed by atoms with van der Waals surface area (Å²) < 4.78 is 27.8. The highest BCUT2D eigenvalue weighted by Crippen LogP contribution is 2.30. The zero-order valence-corrected chi connectivity index (χ0v) is 14.9. The van der Waals surface area contributed by atoms with Crippen molar-refractivity contribution in [3.63, 3.8) is 0 Å². The van der Waals surface area contributed by atoms with Crippen molar-refractivity contribution in [1.29, 1.82) is 0 Å². The molecular formula is C19H22N2O2S. The largest absolute Gasteiger partial charge is 0.361 e. The van der Waals surface area contributed by atoms with Crippen molar-refractivity contribution in [1.82, 2.24) is 9.71 Å². The van der Waals surface area contributed by atoms with Crippen LogP contribution in [0.4, 0.5) is 0 Å². The lowest BCUT2D eigenvalue weighted by atomic mass is 9.85. The molecule has 3 rings (SSSR count). The number of H-pyrrole nitrogens is 1. The Morgan fingerprint density at radius 1 is 1.08 bits per heavy atom. The van der Waals surface area contributed by atoms with E-state index in [1.165, 1.54) is 0 Å². The first-order chi connectivity index (χ1) is 11.3. The zero-order chi connectivity index (χ0) is 17.4. The molecule has 1 heterocycles. The zero-order valence-electron chi connectivity index (χ0n) is 14.1. The molecule has 1 aromatic heterocycles. The highest BCUT2D eigenvalue weighted by molar-refractivity contribution is 7.89. The average Bonchev–Trinajstić information content (AvgIpc) is 2.98. The number of hydrogen-bond donors (Lipinski definition) is 2. The molecule has 0 spiro atoms. The summed E-state index contributed by atoms with van der Waals surface area (Å²) in [5.41, 5.74) is 2.75.